The van der Waals surface area contributed by atoms with Crippen LogP contribution in [-0.2, 0) is 6.61 Å². The molecule has 2 rings (SSSR count). The van der Waals surface area contributed by atoms with Crippen LogP contribution in [-0.4, -0.2) is 15.2 Å². The fraction of sp³-hybridized carbons (Fsp3) is 0.182. The van der Waals surface area contributed by atoms with Gasteiger partial charge >= 0.3 is 0 Å². The van der Waals surface area contributed by atoms with Gasteiger partial charge in [0.15, 0.2) is 5.82 Å². The molecule has 0 saturated heterocycles. The molecule has 0 spiro atoms. The van der Waals surface area contributed by atoms with Gasteiger partial charge in [-0.15, -0.1) is 10.2 Å². The maximum absolute atomic E-state index is 13.3. The molecule has 0 aromatic carbocycles. The number of rotatable bonds is 4. The number of nitrogens with zero attached hydrogens (tertiary/aromatic N) is 3. The number of hydrogen-bond acceptors (Lipinski definition) is 4. The van der Waals surface area contributed by atoms with Crippen molar-refractivity contribution >= 4 is 22.6 Å². The Hall–Kier alpha value is -1.45. The van der Waals surface area contributed by atoms with Gasteiger partial charge < -0.3 is 4.74 Å². The van der Waals surface area contributed by atoms with Gasteiger partial charge in [0.25, 0.3) is 6.43 Å². The summed E-state index contributed by atoms with van der Waals surface area (Å²) in [5, 5.41) is 7.52. The first-order valence-corrected chi connectivity index (χ1v) is 6.18. The van der Waals surface area contributed by atoms with Crippen LogP contribution in [0.1, 0.15) is 17.7 Å². The highest BCUT2D eigenvalue weighted by atomic mass is 127. The van der Waals surface area contributed by atoms with E-state index in [9.17, 15) is 13.2 Å². The molecule has 0 radical (unpaired) electrons. The lowest BCUT2D eigenvalue weighted by atomic mass is 10.2. The Morgan fingerprint density at radius 3 is 2.63 bits per heavy atom. The molecule has 0 aliphatic carbocycles. The van der Waals surface area contributed by atoms with Gasteiger partial charge in [0.1, 0.15) is 16.0 Å². The third-order valence-corrected chi connectivity index (χ3v) is 2.70. The average molecular weight is 381 g/mol. The van der Waals surface area contributed by atoms with Gasteiger partial charge in [-0.2, -0.15) is 0 Å². The van der Waals surface area contributed by atoms with Gasteiger partial charge in [-0.1, -0.05) is 0 Å². The Morgan fingerprint density at radius 1 is 1.26 bits per heavy atom. The highest BCUT2D eigenvalue weighted by Gasteiger charge is 2.15. The fourth-order valence-electron chi connectivity index (χ4n) is 1.27. The van der Waals surface area contributed by atoms with E-state index in [2.05, 4.69) is 15.2 Å². The normalized spacial score (nSPS) is 10.8. The molecule has 0 bridgehead atoms. The van der Waals surface area contributed by atoms with E-state index in [4.69, 9.17) is 4.74 Å². The topological polar surface area (TPSA) is 47.9 Å². The van der Waals surface area contributed by atoms with Crippen LogP contribution < -0.4 is 4.74 Å². The molecular formula is C11H7F3IN3O. The quantitative estimate of drug-likeness (QED) is 0.764. The minimum absolute atomic E-state index is 0.0251. The lowest BCUT2D eigenvalue weighted by Crippen LogP contribution is -2.02. The molecule has 0 unspecified atom stereocenters. The second-order valence-corrected chi connectivity index (χ2v) is 4.60. The molecule has 2 aromatic rings. The minimum Gasteiger partial charge on any atom is -0.472 e. The Balaban J connectivity index is 2.04. The van der Waals surface area contributed by atoms with Gasteiger partial charge in [-0.3, -0.25) is 4.98 Å². The number of aromatic nitrogens is 3. The summed E-state index contributed by atoms with van der Waals surface area (Å²) in [5.74, 6) is -0.788. The summed E-state index contributed by atoms with van der Waals surface area (Å²) in [6.45, 7) is -0.0251. The van der Waals surface area contributed by atoms with Gasteiger partial charge in [0.2, 0.25) is 5.88 Å². The van der Waals surface area contributed by atoms with Crippen molar-refractivity contribution in [2.45, 2.75) is 13.0 Å². The molecule has 0 fully saturated rings. The number of hydrogen-bond donors (Lipinski definition) is 0. The summed E-state index contributed by atoms with van der Waals surface area (Å²) >= 11 is 1.99. The number of alkyl halides is 2. The van der Waals surface area contributed by atoms with Crippen LogP contribution in [0.15, 0.2) is 24.4 Å². The standard InChI is InChI=1S/C11H7F3IN3O/c12-7-3-6(4-16-10(7)11(13)14)5-19-9-2-1-8(15)17-18-9/h1-4,11H,5H2. The Kier molecular flexibility index (Phi) is 4.51. The highest BCUT2D eigenvalue weighted by molar-refractivity contribution is 14.1. The Labute approximate surface area is 120 Å². The summed E-state index contributed by atoms with van der Waals surface area (Å²) in [6.07, 6.45) is -1.79. The molecule has 0 aliphatic rings. The molecule has 8 heteroatoms. The summed E-state index contributed by atoms with van der Waals surface area (Å²) in [6, 6.07) is 4.27. The average Bonchev–Trinajstić information content (AvgIpc) is 2.37. The van der Waals surface area contributed by atoms with E-state index >= 15 is 0 Å². The summed E-state index contributed by atoms with van der Waals surface area (Å²) in [4.78, 5) is 3.36. The number of halogens is 4. The first-order valence-electron chi connectivity index (χ1n) is 5.11. The lowest BCUT2D eigenvalue weighted by Gasteiger charge is -2.06. The molecule has 0 N–H and O–H groups in total. The largest absolute Gasteiger partial charge is 0.472 e. The monoisotopic (exact) mass is 381 g/mol. The molecule has 100 valence electrons. The van der Waals surface area contributed by atoms with E-state index in [-0.39, 0.29) is 12.5 Å². The van der Waals surface area contributed by atoms with Crippen molar-refractivity contribution < 1.29 is 17.9 Å². The van der Waals surface area contributed by atoms with Gasteiger partial charge in [0.05, 0.1) is 0 Å². The summed E-state index contributed by atoms with van der Waals surface area (Å²) in [7, 11) is 0. The SMILES string of the molecule is Fc1cc(COc2ccc(I)nn2)cnc1C(F)F. The van der Waals surface area contributed by atoms with Crippen LogP contribution in [0.5, 0.6) is 5.88 Å². The van der Waals surface area contributed by atoms with Crippen molar-refractivity contribution in [3.8, 4) is 5.88 Å². The van der Waals surface area contributed by atoms with E-state index in [1.54, 1.807) is 12.1 Å². The van der Waals surface area contributed by atoms with Gasteiger partial charge in [-0.05, 0) is 34.7 Å². The maximum atomic E-state index is 13.3. The molecule has 0 saturated carbocycles. The number of ether oxygens (including phenoxy) is 1. The molecule has 2 aromatic heterocycles. The van der Waals surface area contributed by atoms with E-state index < -0.39 is 17.9 Å². The summed E-state index contributed by atoms with van der Waals surface area (Å²) in [5.41, 5.74) is -0.528. The van der Waals surface area contributed by atoms with Crippen molar-refractivity contribution in [3.63, 3.8) is 0 Å². The fourth-order valence-corrected chi connectivity index (χ4v) is 1.55. The van der Waals surface area contributed by atoms with Crippen LogP contribution in [0, 0.1) is 9.52 Å². The third-order valence-electron chi connectivity index (χ3n) is 2.13. The molecule has 0 atom stereocenters. The smallest absolute Gasteiger partial charge is 0.283 e. The third kappa shape index (κ3) is 3.75. The molecule has 19 heavy (non-hydrogen) atoms. The van der Waals surface area contributed by atoms with Gasteiger partial charge in [-0.25, -0.2) is 13.2 Å². The van der Waals surface area contributed by atoms with Crippen molar-refractivity contribution in [2.75, 3.05) is 0 Å². The van der Waals surface area contributed by atoms with Crippen LogP contribution in [0.2, 0.25) is 0 Å². The predicted molar refractivity (Wildman–Crippen MR) is 68.2 cm³/mol. The van der Waals surface area contributed by atoms with E-state index in [0.717, 1.165) is 12.3 Å². The molecule has 0 amide bonds. The molecule has 4 nitrogen and oxygen atoms in total. The van der Waals surface area contributed by atoms with E-state index in [1.165, 1.54) is 0 Å². The predicted octanol–water partition coefficient (Wildman–Crippen LogP) is 3.13. The van der Waals surface area contributed by atoms with E-state index in [0.29, 0.717) is 9.26 Å². The Bertz CT molecular complexity index is 566. The second kappa shape index (κ2) is 6.13. The molecule has 2 heterocycles. The lowest BCUT2D eigenvalue weighted by molar-refractivity contribution is 0.140. The van der Waals surface area contributed by atoms with Crippen LogP contribution in [0.3, 0.4) is 0 Å². The van der Waals surface area contributed by atoms with Crippen molar-refractivity contribution in [1.82, 2.24) is 15.2 Å². The maximum Gasteiger partial charge on any atom is 0.283 e. The van der Waals surface area contributed by atoms with Crippen molar-refractivity contribution in [1.29, 1.82) is 0 Å². The molecular weight excluding hydrogens is 374 g/mol. The zero-order valence-electron chi connectivity index (χ0n) is 9.36. The van der Waals surface area contributed by atoms with E-state index in [1.807, 2.05) is 22.6 Å². The van der Waals surface area contributed by atoms with Crippen LogP contribution in [0.25, 0.3) is 0 Å². The van der Waals surface area contributed by atoms with Gasteiger partial charge in [0, 0.05) is 17.8 Å². The molecule has 0 aliphatic heterocycles. The first kappa shape index (κ1) is 14.0. The van der Waals surface area contributed by atoms with Crippen LogP contribution >= 0.6 is 22.6 Å². The van der Waals surface area contributed by atoms with Crippen molar-refractivity contribution in [3.05, 3.63) is 45.2 Å². The minimum atomic E-state index is -2.93. The second-order valence-electron chi connectivity index (χ2n) is 3.49. The first-order chi connectivity index (χ1) is 9.06. The highest BCUT2D eigenvalue weighted by Crippen LogP contribution is 2.20. The van der Waals surface area contributed by atoms with Crippen LogP contribution in [0.4, 0.5) is 13.2 Å². The van der Waals surface area contributed by atoms with Crippen molar-refractivity contribution in [2.24, 2.45) is 0 Å². The number of pyridine rings is 1. The summed E-state index contributed by atoms with van der Waals surface area (Å²) < 4.78 is 43.8. The zero-order chi connectivity index (χ0) is 13.8. The Morgan fingerprint density at radius 2 is 2.05 bits per heavy atom. The zero-order valence-corrected chi connectivity index (χ0v) is 11.5.